The minimum absolute atomic E-state index is 0.278. The van der Waals surface area contributed by atoms with Gasteiger partial charge in [0, 0.05) is 18.8 Å². The largest absolute Gasteiger partial charge is 0.432 e. The van der Waals surface area contributed by atoms with Gasteiger partial charge in [0.2, 0.25) is 0 Å². The Balaban J connectivity index is 1.78. The Hall–Kier alpha value is -3.68. The third kappa shape index (κ3) is 3.85. The van der Waals surface area contributed by atoms with Crippen molar-refractivity contribution < 1.29 is 35.9 Å². The highest BCUT2D eigenvalue weighted by molar-refractivity contribution is 5.72. The molecule has 0 amide bonds. The van der Waals surface area contributed by atoms with Crippen LogP contribution >= 0.6 is 0 Å². The lowest BCUT2D eigenvalue weighted by atomic mass is 9.96. The second kappa shape index (κ2) is 8.18. The summed E-state index contributed by atoms with van der Waals surface area (Å²) in [6, 6.07) is 2.73. The number of alkyl halides is 6. The van der Waals surface area contributed by atoms with E-state index in [-0.39, 0.29) is 18.2 Å². The Morgan fingerprint density at radius 1 is 1.14 bits per heavy atom. The third-order valence-corrected chi connectivity index (χ3v) is 6.21. The van der Waals surface area contributed by atoms with E-state index in [4.69, 9.17) is 10.2 Å². The van der Waals surface area contributed by atoms with E-state index in [2.05, 4.69) is 20.2 Å². The third-order valence-electron chi connectivity index (χ3n) is 6.21. The predicted molar refractivity (Wildman–Crippen MR) is 114 cm³/mol. The van der Waals surface area contributed by atoms with Crippen molar-refractivity contribution in [2.24, 2.45) is 0 Å². The number of anilines is 2. The quantitative estimate of drug-likeness (QED) is 0.429. The van der Waals surface area contributed by atoms with E-state index >= 15 is 0 Å². The first-order valence-corrected chi connectivity index (χ1v) is 10.8. The van der Waals surface area contributed by atoms with Gasteiger partial charge < -0.3 is 20.2 Å². The lowest BCUT2D eigenvalue weighted by molar-refractivity contribution is -0.257. The molecule has 0 radical (unpaired) electrons. The van der Waals surface area contributed by atoms with Crippen molar-refractivity contribution in [1.29, 1.82) is 0 Å². The van der Waals surface area contributed by atoms with E-state index in [0.29, 0.717) is 25.3 Å². The molecule has 2 aliphatic rings. The number of hydrogen-bond donors (Lipinski definition) is 2. The van der Waals surface area contributed by atoms with Crippen molar-refractivity contribution in [3.63, 3.8) is 0 Å². The lowest BCUT2D eigenvalue weighted by Crippen LogP contribution is -2.44. The number of nitrogen functional groups attached to an aromatic ring is 1. The van der Waals surface area contributed by atoms with Crippen LogP contribution in [-0.2, 0) is 11.8 Å². The fourth-order valence-corrected chi connectivity index (χ4v) is 4.43. The van der Waals surface area contributed by atoms with Crippen LogP contribution in [0.25, 0.3) is 17.7 Å². The van der Waals surface area contributed by atoms with Crippen LogP contribution in [0.3, 0.4) is 0 Å². The summed E-state index contributed by atoms with van der Waals surface area (Å²) >= 11 is 0. The topological polar surface area (TPSA) is 114 Å². The van der Waals surface area contributed by atoms with E-state index in [1.807, 2.05) is 0 Å². The minimum Gasteiger partial charge on any atom is -0.415 e. The van der Waals surface area contributed by atoms with Crippen LogP contribution in [0.2, 0.25) is 0 Å². The zero-order chi connectivity index (χ0) is 25.9. The molecule has 190 valence electrons. The monoisotopic (exact) mass is 512 g/mol. The molecule has 36 heavy (non-hydrogen) atoms. The Labute approximate surface area is 199 Å². The first-order chi connectivity index (χ1) is 16.9. The average Bonchev–Trinajstić information content (AvgIpc) is 3.47. The Morgan fingerprint density at radius 2 is 1.92 bits per heavy atom. The van der Waals surface area contributed by atoms with Gasteiger partial charge in [0.1, 0.15) is 11.4 Å². The number of fused-ring (bicyclic) bond motifs is 9. The van der Waals surface area contributed by atoms with Crippen molar-refractivity contribution in [3.8, 4) is 11.6 Å². The normalized spacial score (nSPS) is 23.1. The molecule has 3 N–H and O–H groups in total. The second-order valence-corrected chi connectivity index (χ2v) is 8.52. The number of rotatable bonds is 0. The van der Waals surface area contributed by atoms with E-state index in [9.17, 15) is 31.4 Å². The van der Waals surface area contributed by atoms with Crippen LogP contribution in [-0.4, -0.2) is 44.0 Å². The van der Waals surface area contributed by atoms with Gasteiger partial charge in [0.25, 0.3) is 17.4 Å². The Bertz CT molecular complexity index is 1340. The summed E-state index contributed by atoms with van der Waals surface area (Å²) in [7, 11) is 0. The van der Waals surface area contributed by atoms with Crippen LogP contribution in [0, 0.1) is 0 Å². The van der Waals surface area contributed by atoms with Crippen LogP contribution in [0.15, 0.2) is 34.9 Å². The summed E-state index contributed by atoms with van der Waals surface area (Å²) in [6.45, 7) is 0.278. The van der Waals surface area contributed by atoms with Crippen LogP contribution < -0.4 is 10.6 Å². The van der Waals surface area contributed by atoms with E-state index in [1.54, 1.807) is 6.08 Å². The molecule has 2 atom stereocenters. The number of aliphatic hydroxyl groups is 1. The highest BCUT2D eigenvalue weighted by Gasteiger charge is 2.61. The second-order valence-electron chi connectivity index (χ2n) is 8.52. The summed E-state index contributed by atoms with van der Waals surface area (Å²) in [5.74, 6) is -2.40. The highest BCUT2D eigenvalue weighted by Crippen LogP contribution is 2.45. The Morgan fingerprint density at radius 3 is 2.64 bits per heavy atom. The first-order valence-electron chi connectivity index (χ1n) is 10.8. The molecule has 14 heteroatoms. The van der Waals surface area contributed by atoms with Crippen LogP contribution in [0.5, 0.6) is 0 Å². The molecule has 8 nitrogen and oxygen atoms in total. The van der Waals surface area contributed by atoms with Crippen molar-refractivity contribution in [2.45, 2.75) is 43.3 Å². The molecular weight excluding hydrogens is 494 g/mol. The lowest BCUT2D eigenvalue weighted by Gasteiger charge is -2.28. The molecule has 5 rings (SSSR count). The zero-order valence-corrected chi connectivity index (χ0v) is 18.3. The molecule has 0 spiro atoms. The molecule has 0 aromatic carbocycles. The highest BCUT2D eigenvalue weighted by atomic mass is 19.4. The van der Waals surface area contributed by atoms with Gasteiger partial charge in [-0.15, -0.1) is 10.2 Å². The molecule has 0 aliphatic carbocycles. The van der Waals surface area contributed by atoms with Gasteiger partial charge in [-0.3, -0.25) is 4.98 Å². The van der Waals surface area contributed by atoms with Gasteiger partial charge in [0.05, 0.1) is 11.4 Å². The minimum atomic E-state index is -5.34. The van der Waals surface area contributed by atoms with E-state index in [1.165, 1.54) is 17.0 Å². The zero-order valence-electron chi connectivity index (χ0n) is 18.3. The predicted octanol–water partition coefficient (Wildman–Crippen LogP) is 4.31. The average molecular weight is 512 g/mol. The fourth-order valence-electron chi connectivity index (χ4n) is 4.43. The molecule has 6 bridgehead atoms. The van der Waals surface area contributed by atoms with Gasteiger partial charge in [0.15, 0.2) is 5.69 Å². The maximum Gasteiger partial charge on any atom is 0.432 e. The smallest absolute Gasteiger partial charge is 0.415 e. The molecule has 1 fully saturated rings. The van der Waals surface area contributed by atoms with Crippen LogP contribution in [0.1, 0.15) is 42.0 Å². The van der Waals surface area contributed by atoms with Gasteiger partial charge in [-0.05, 0) is 43.0 Å². The maximum absolute atomic E-state index is 14.2. The van der Waals surface area contributed by atoms with Gasteiger partial charge >= 0.3 is 12.4 Å². The van der Waals surface area contributed by atoms with Crippen molar-refractivity contribution in [3.05, 3.63) is 53.2 Å². The maximum atomic E-state index is 14.2. The summed E-state index contributed by atoms with van der Waals surface area (Å²) in [5.41, 5.74) is -0.578. The summed E-state index contributed by atoms with van der Waals surface area (Å²) in [6.07, 6.45) is -4.43. The van der Waals surface area contributed by atoms with Gasteiger partial charge in [-0.1, -0.05) is 12.2 Å². The van der Waals surface area contributed by atoms with E-state index in [0.717, 1.165) is 12.3 Å². The number of pyridine rings is 2. The molecule has 3 aromatic rings. The van der Waals surface area contributed by atoms with Crippen molar-refractivity contribution in [1.82, 2.24) is 20.2 Å². The molecule has 1 saturated heterocycles. The number of nitrogens with two attached hydrogens (primary N) is 1. The molecule has 5 heterocycles. The first kappa shape index (κ1) is 24.0. The van der Waals surface area contributed by atoms with Crippen molar-refractivity contribution in [2.75, 3.05) is 17.2 Å². The number of hydrogen-bond acceptors (Lipinski definition) is 8. The molecule has 3 aromatic heterocycles. The summed E-state index contributed by atoms with van der Waals surface area (Å²) in [4.78, 5) is 9.23. The van der Waals surface area contributed by atoms with Crippen LogP contribution in [0.4, 0.5) is 37.8 Å². The Kier molecular flexibility index (Phi) is 5.46. The summed E-state index contributed by atoms with van der Waals surface area (Å²) < 4.78 is 89.4. The number of halogens is 6. The van der Waals surface area contributed by atoms with Crippen molar-refractivity contribution >= 4 is 17.6 Å². The molecular formula is C22H18F6N6O2. The van der Waals surface area contributed by atoms with Gasteiger partial charge in [-0.25, -0.2) is 4.98 Å². The number of nitrogens with zero attached hydrogens (tertiary/aromatic N) is 5. The fraction of sp³-hybridized carbons (Fsp3) is 0.364. The van der Waals surface area contributed by atoms with E-state index < -0.39 is 58.2 Å². The van der Waals surface area contributed by atoms with Gasteiger partial charge in [-0.2, -0.15) is 26.3 Å². The summed E-state index contributed by atoms with van der Waals surface area (Å²) in [5, 5.41) is 17.7. The standard InChI is InChI=1S/C22H18F6N6O2/c23-21(24,25)13-10-14(29)16-18-32-33-19(36-18)20(35,22(26,27)28)15-9-11(6-7-30-15)3-1-4-12-5-2-8-34(12)17(13)31-16/h1,3,6-7,9-10,12,35H,2,4-5,8,29H2/b3-1-/t12-,20?/m1/s1. The molecule has 1 unspecified atom stereocenters. The number of aromatic nitrogens is 4. The SMILES string of the molecule is Nc1cc(C(F)(F)F)c2nc1-c1nnc(o1)C(O)(C(F)(F)F)c1cc(ccn1)/C=C\C[C@@H]1CCCN21. The molecule has 2 aliphatic heterocycles. The molecule has 0 saturated carbocycles.